The molecule has 0 spiro atoms. The number of nitrogens with zero attached hydrogens (tertiary/aromatic N) is 1. The molecule has 0 aliphatic heterocycles. The number of aromatic nitrogens is 1. The summed E-state index contributed by atoms with van der Waals surface area (Å²) >= 11 is 0. The van der Waals surface area contributed by atoms with E-state index in [1.54, 1.807) is 0 Å². The van der Waals surface area contributed by atoms with Crippen LogP contribution in [0.2, 0.25) is 0 Å². The molecular weight excluding hydrogens is 212 g/mol. The van der Waals surface area contributed by atoms with E-state index in [1.807, 2.05) is 6.92 Å². The van der Waals surface area contributed by atoms with Crippen molar-refractivity contribution in [1.82, 2.24) is 10.5 Å². The maximum Gasteiger partial charge on any atom is 0.329 e. The molecular formula is C10H14N2O4. The number of amides is 1. The molecule has 0 saturated heterocycles. The largest absolute Gasteiger partial charge is 0.480 e. The van der Waals surface area contributed by atoms with Crippen LogP contribution in [0.1, 0.15) is 37.2 Å². The standard InChI is InChI=1S/C10H14N2O4/c1-3-5-10(2,9(14)15)12-8(13)7-4-6-11-16-7/h4,6H,3,5H2,1-2H3,(H,12,13)(H,14,15). The fraction of sp³-hybridized carbons (Fsp3) is 0.500. The Kier molecular flexibility index (Phi) is 3.65. The lowest BCUT2D eigenvalue weighted by atomic mass is 9.96. The van der Waals surface area contributed by atoms with Gasteiger partial charge < -0.3 is 14.9 Å². The number of rotatable bonds is 5. The summed E-state index contributed by atoms with van der Waals surface area (Å²) in [5.74, 6) is -1.64. The Morgan fingerprint density at radius 3 is 2.75 bits per heavy atom. The Hall–Kier alpha value is -1.85. The molecule has 1 aromatic rings. The smallest absolute Gasteiger partial charge is 0.329 e. The van der Waals surface area contributed by atoms with E-state index in [9.17, 15) is 9.59 Å². The van der Waals surface area contributed by atoms with Crippen LogP contribution in [-0.4, -0.2) is 27.7 Å². The molecule has 88 valence electrons. The summed E-state index contributed by atoms with van der Waals surface area (Å²) in [7, 11) is 0. The Labute approximate surface area is 92.6 Å². The van der Waals surface area contributed by atoms with E-state index in [0.717, 1.165) is 0 Å². The first kappa shape index (κ1) is 12.2. The average Bonchev–Trinajstić information content (AvgIpc) is 2.70. The quantitative estimate of drug-likeness (QED) is 0.782. The van der Waals surface area contributed by atoms with Crippen molar-refractivity contribution in [2.75, 3.05) is 0 Å². The highest BCUT2D eigenvalue weighted by atomic mass is 16.5. The van der Waals surface area contributed by atoms with Crippen LogP contribution in [-0.2, 0) is 4.79 Å². The molecule has 1 unspecified atom stereocenters. The molecule has 0 bridgehead atoms. The zero-order valence-corrected chi connectivity index (χ0v) is 9.19. The van der Waals surface area contributed by atoms with E-state index in [0.29, 0.717) is 12.8 Å². The first-order valence-corrected chi connectivity index (χ1v) is 4.96. The molecule has 1 amide bonds. The Morgan fingerprint density at radius 2 is 2.31 bits per heavy atom. The summed E-state index contributed by atoms with van der Waals surface area (Å²) in [4.78, 5) is 22.6. The predicted molar refractivity (Wildman–Crippen MR) is 54.9 cm³/mol. The molecule has 0 aromatic carbocycles. The lowest BCUT2D eigenvalue weighted by Crippen LogP contribution is -2.52. The van der Waals surface area contributed by atoms with Crippen molar-refractivity contribution in [3.8, 4) is 0 Å². The van der Waals surface area contributed by atoms with Crippen LogP contribution < -0.4 is 5.32 Å². The topological polar surface area (TPSA) is 92.4 Å². The Morgan fingerprint density at radius 1 is 1.62 bits per heavy atom. The number of hydrogen-bond donors (Lipinski definition) is 2. The van der Waals surface area contributed by atoms with Gasteiger partial charge in [-0.1, -0.05) is 18.5 Å². The molecule has 1 aromatic heterocycles. The van der Waals surface area contributed by atoms with Gasteiger partial charge in [-0.05, 0) is 13.3 Å². The maximum absolute atomic E-state index is 11.6. The molecule has 1 rings (SSSR count). The first-order valence-electron chi connectivity index (χ1n) is 4.96. The second kappa shape index (κ2) is 4.78. The van der Waals surface area contributed by atoms with Gasteiger partial charge in [0, 0.05) is 6.07 Å². The van der Waals surface area contributed by atoms with Crippen LogP contribution in [0, 0.1) is 0 Å². The van der Waals surface area contributed by atoms with Crippen molar-refractivity contribution >= 4 is 11.9 Å². The summed E-state index contributed by atoms with van der Waals surface area (Å²) in [6.45, 7) is 3.31. The van der Waals surface area contributed by atoms with Crippen molar-refractivity contribution in [2.45, 2.75) is 32.2 Å². The molecule has 2 N–H and O–H groups in total. The predicted octanol–water partition coefficient (Wildman–Crippen LogP) is 1.05. The second-order valence-corrected chi connectivity index (χ2v) is 3.72. The number of hydrogen-bond acceptors (Lipinski definition) is 4. The monoisotopic (exact) mass is 226 g/mol. The van der Waals surface area contributed by atoms with Gasteiger partial charge in [-0.15, -0.1) is 0 Å². The van der Waals surface area contributed by atoms with Crippen LogP contribution in [0.3, 0.4) is 0 Å². The molecule has 1 atom stereocenters. The van der Waals surface area contributed by atoms with Crippen LogP contribution in [0.15, 0.2) is 16.8 Å². The van der Waals surface area contributed by atoms with Gasteiger partial charge in [-0.25, -0.2) is 4.79 Å². The molecule has 6 heteroatoms. The van der Waals surface area contributed by atoms with Gasteiger partial charge in [-0.2, -0.15) is 0 Å². The van der Waals surface area contributed by atoms with Gasteiger partial charge in [0.15, 0.2) is 0 Å². The summed E-state index contributed by atoms with van der Waals surface area (Å²) in [5.41, 5.74) is -1.28. The Bertz CT molecular complexity index is 374. The summed E-state index contributed by atoms with van der Waals surface area (Å²) < 4.78 is 4.64. The third kappa shape index (κ3) is 2.59. The summed E-state index contributed by atoms with van der Waals surface area (Å²) in [6.07, 6.45) is 2.33. The fourth-order valence-corrected chi connectivity index (χ4v) is 1.37. The second-order valence-electron chi connectivity index (χ2n) is 3.72. The van der Waals surface area contributed by atoms with Gasteiger partial charge in [0.25, 0.3) is 5.91 Å². The molecule has 0 fully saturated rings. The highest BCUT2D eigenvalue weighted by Gasteiger charge is 2.34. The van der Waals surface area contributed by atoms with E-state index in [4.69, 9.17) is 5.11 Å². The Balaban J connectivity index is 2.77. The highest BCUT2D eigenvalue weighted by molar-refractivity contribution is 5.95. The molecule has 0 saturated carbocycles. The first-order chi connectivity index (χ1) is 7.49. The van der Waals surface area contributed by atoms with Gasteiger partial charge in [-0.3, -0.25) is 4.79 Å². The zero-order chi connectivity index (χ0) is 12.2. The number of carbonyl (C=O) groups excluding carboxylic acids is 1. The van der Waals surface area contributed by atoms with E-state index in [2.05, 4.69) is 15.0 Å². The molecule has 0 aliphatic rings. The van der Waals surface area contributed by atoms with Crippen molar-refractivity contribution in [3.05, 3.63) is 18.0 Å². The lowest BCUT2D eigenvalue weighted by Gasteiger charge is -2.24. The molecule has 1 heterocycles. The van der Waals surface area contributed by atoms with Crippen LogP contribution in [0.4, 0.5) is 0 Å². The maximum atomic E-state index is 11.6. The van der Waals surface area contributed by atoms with Gasteiger partial charge in [0.2, 0.25) is 5.76 Å². The van der Waals surface area contributed by atoms with Crippen molar-refractivity contribution in [1.29, 1.82) is 0 Å². The summed E-state index contributed by atoms with van der Waals surface area (Å²) in [5, 5.41) is 14.9. The minimum Gasteiger partial charge on any atom is -0.480 e. The van der Waals surface area contributed by atoms with Crippen LogP contribution in [0.25, 0.3) is 0 Å². The zero-order valence-electron chi connectivity index (χ0n) is 9.19. The third-order valence-corrected chi connectivity index (χ3v) is 2.27. The lowest BCUT2D eigenvalue weighted by molar-refractivity contribution is -0.144. The van der Waals surface area contributed by atoms with E-state index < -0.39 is 17.4 Å². The van der Waals surface area contributed by atoms with Crippen molar-refractivity contribution in [2.24, 2.45) is 0 Å². The minimum absolute atomic E-state index is 0.00331. The number of aliphatic carboxylic acids is 1. The SMILES string of the molecule is CCCC(C)(NC(=O)c1ccno1)C(=O)O. The fourth-order valence-electron chi connectivity index (χ4n) is 1.37. The average molecular weight is 226 g/mol. The normalized spacial score (nSPS) is 14.1. The van der Waals surface area contributed by atoms with Gasteiger partial charge >= 0.3 is 5.97 Å². The highest BCUT2D eigenvalue weighted by Crippen LogP contribution is 2.13. The van der Waals surface area contributed by atoms with Gasteiger partial charge in [0.05, 0.1) is 6.20 Å². The van der Waals surface area contributed by atoms with E-state index in [1.165, 1.54) is 19.2 Å². The van der Waals surface area contributed by atoms with E-state index in [-0.39, 0.29) is 5.76 Å². The molecule has 6 nitrogen and oxygen atoms in total. The molecule has 0 radical (unpaired) electrons. The van der Waals surface area contributed by atoms with E-state index >= 15 is 0 Å². The van der Waals surface area contributed by atoms with Crippen molar-refractivity contribution in [3.63, 3.8) is 0 Å². The van der Waals surface area contributed by atoms with Crippen molar-refractivity contribution < 1.29 is 19.2 Å². The van der Waals surface area contributed by atoms with Crippen LogP contribution in [0.5, 0.6) is 0 Å². The third-order valence-electron chi connectivity index (χ3n) is 2.27. The number of carbonyl (C=O) groups is 2. The summed E-state index contributed by atoms with van der Waals surface area (Å²) in [6, 6.07) is 1.38. The molecule has 16 heavy (non-hydrogen) atoms. The number of carboxylic acid groups (broad SMARTS) is 1. The number of nitrogens with one attached hydrogen (secondary N) is 1. The number of carboxylic acids is 1. The molecule has 0 aliphatic carbocycles. The van der Waals surface area contributed by atoms with Crippen LogP contribution >= 0.6 is 0 Å². The van der Waals surface area contributed by atoms with Gasteiger partial charge in [0.1, 0.15) is 5.54 Å². The minimum atomic E-state index is -1.28.